The number of amides is 4. The van der Waals surface area contributed by atoms with Gasteiger partial charge in [0.2, 0.25) is 5.91 Å². The molecule has 1 heterocycles. The third-order valence-corrected chi connectivity index (χ3v) is 5.40. The van der Waals surface area contributed by atoms with Crippen molar-refractivity contribution in [1.29, 1.82) is 0 Å². The van der Waals surface area contributed by atoms with Crippen LogP contribution in [0, 0.1) is 24.1 Å². The van der Waals surface area contributed by atoms with Crippen molar-refractivity contribution in [2.45, 2.75) is 52.5 Å². The average molecular weight is 375 g/mol. The summed E-state index contributed by atoms with van der Waals surface area (Å²) in [7, 11) is 0. The van der Waals surface area contributed by atoms with Gasteiger partial charge in [-0.3, -0.25) is 14.5 Å². The lowest BCUT2D eigenvalue weighted by atomic mass is 9.64. The van der Waals surface area contributed by atoms with E-state index >= 15 is 0 Å². The molecule has 2 aliphatic rings. The van der Waals surface area contributed by atoms with Gasteiger partial charge in [0.05, 0.1) is 0 Å². The highest BCUT2D eigenvalue weighted by molar-refractivity contribution is 6.10. The Morgan fingerprint density at radius 2 is 2.04 bits per heavy atom. The Hall–Kier alpha value is -2.44. The lowest BCUT2D eigenvalue weighted by Crippen LogP contribution is -2.54. The van der Waals surface area contributed by atoms with Crippen LogP contribution in [0.15, 0.2) is 18.2 Å². The predicted octanol–water partition coefficient (Wildman–Crippen LogP) is 3.21. The number of imide groups is 1. The van der Waals surface area contributed by atoms with E-state index in [2.05, 4.69) is 31.4 Å². The minimum absolute atomic E-state index is 0.0719. The molecule has 2 N–H and O–H groups in total. The van der Waals surface area contributed by atoms with Crippen molar-refractivity contribution in [2.24, 2.45) is 11.3 Å². The zero-order valence-electron chi connectivity index (χ0n) is 16.2. The van der Waals surface area contributed by atoms with Gasteiger partial charge in [-0.1, -0.05) is 26.8 Å². The minimum Gasteiger partial charge on any atom is -0.324 e. The number of aryl methyl sites for hydroxylation is 1. The van der Waals surface area contributed by atoms with E-state index in [9.17, 15) is 18.8 Å². The lowest BCUT2D eigenvalue weighted by molar-refractivity contribution is -0.136. The number of anilines is 1. The number of carbonyl (C=O) groups excluding carboxylic acids is 3. The number of nitrogens with one attached hydrogen (secondary N) is 2. The predicted molar refractivity (Wildman–Crippen MR) is 99.5 cm³/mol. The quantitative estimate of drug-likeness (QED) is 0.797. The molecule has 1 aliphatic carbocycles. The van der Waals surface area contributed by atoms with Gasteiger partial charge < -0.3 is 10.6 Å². The molecular weight excluding hydrogens is 349 g/mol. The summed E-state index contributed by atoms with van der Waals surface area (Å²) in [4.78, 5) is 38.8. The Morgan fingerprint density at radius 1 is 1.33 bits per heavy atom. The highest BCUT2D eigenvalue weighted by Gasteiger charge is 2.56. The smallest absolute Gasteiger partial charge is 0.324 e. The molecule has 4 amide bonds. The van der Waals surface area contributed by atoms with Crippen molar-refractivity contribution in [3.63, 3.8) is 0 Å². The summed E-state index contributed by atoms with van der Waals surface area (Å²) in [6, 6.07) is 3.53. The van der Waals surface area contributed by atoms with Gasteiger partial charge >= 0.3 is 6.03 Å². The van der Waals surface area contributed by atoms with Crippen LogP contribution in [0.25, 0.3) is 0 Å². The Morgan fingerprint density at radius 3 is 2.70 bits per heavy atom. The van der Waals surface area contributed by atoms with E-state index in [0.29, 0.717) is 30.0 Å². The maximum Gasteiger partial charge on any atom is 0.325 e. The van der Waals surface area contributed by atoms with Crippen LogP contribution in [-0.4, -0.2) is 34.8 Å². The molecule has 1 saturated heterocycles. The molecule has 1 spiro atoms. The van der Waals surface area contributed by atoms with Crippen LogP contribution < -0.4 is 10.6 Å². The number of hydrogen-bond donors (Lipinski definition) is 2. The number of hydrogen-bond acceptors (Lipinski definition) is 3. The van der Waals surface area contributed by atoms with E-state index in [1.54, 1.807) is 13.0 Å². The maximum atomic E-state index is 13.4. The van der Waals surface area contributed by atoms with Crippen LogP contribution in [0.3, 0.4) is 0 Å². The summed E-state index contributed by atoms with van der Waals surface area (Å²) in [5.41, 5.74) is 0.0145. The first kappa shape index (κ1) is 19.3. The lowest BCUT2D eigenvalue weighted by Gasteiger charge is -2.43. The first-order chi connectivity index (χ1) is 12.5. The van der Waals surface area contributed by atoms with Crippen LogP contribution in [0.1, 0.15) is 45.6 Å². The normalized spacial score (nSPS) is 27.0. The number of halogens is 1. The molecule has 3 rings (SSSR count). The SMILES string of the molecule is Cc1ccc(F)cc1NC(=O)CN1C(=O)N[C@]2(C[C@H](C)CC(C)(C)C2)C1=O. The summed E-state index contributed by atoms with van der Waals surface area (Å²) in [6.07, 6.45) is 2.11. The van der Waals surface area contributed by atoms with Gasteiger partial charge in [-0.05, 0) is 55.2 Å². The Bertz CT molecular complexity index is 808. The van der Waals surface area contributed by atoms with Crippen molar-refractivity contribution in [3.8, 4) is 0 Å². The van der Waals surface area contributed by atoms with E-state index in [0.717, 1.165) is 11.3 Å². The van der Waals surface area contributed by atoms with E-state index < -0.39 is 29.8 Å². The molecule has 1 aliphatic heterocycles. The van der Waals surface area contributed by atoms with Gasteiger partial charge in [0.25, 0.3) is 5.91 Å². The van der Waals surface area contributed by atoms with Gasteiger partial charge in [-0.25, -0.2) is 9.18 Å². The van der Waals surface area contributed by atoms with Crippen molar-refractivity contribution in [2.75, 3.05) is 11.9 Å². The Balaban J connectivity index is 1.74. The summed E-state index contributed by atoms with van der Waals surface area (Å²) < 4.78 is 13.4. The number of rotatable bonds is 3. The van der Waals surface area contributed by atoms with Gasteiger partial charge in [0.1, 0.15) is 17.9 Å². The highest BCUT2D eigenvalue weighted by Crippen LogP contribution is 2.46. The van der Waals surface area contributed by atoms with Crippen molar-refractivity contribution < 1.29 is 18.8 Å². The molecule has 2 fully saturated rings. The molecule has 27 heavy (non-hydrogen) atoms. The van der Waals surface area contributed by atoms with Crippen molar-refractivity contribution in [3.05, 3.63) is 29.6 Å². The molecule has 0 radical (unpaired) electrons. The fraction of sp³-hybridized carbons (Fsp3) is 0.550. The maximum absolute atomic E-state index is 13.4. The van der Waals surface area contributed by atoms with E-state index in [1.807, 2.05) is 0 Å². The average Bonchev–Trinajstić information content (AvgIpc) is 2.72. The summed E-state index contributed by atoms with van der Waals surface area (Å²) in [5, 5.41) is 5.42. The fourth-order valence-corrected chi connectivity index (χ4v) is 4.71. The van der Waals surface area contributed by atoms with Crippen molar-refractivity contribution >= 4 is 23.5 Å². The summed E-state index contributed by atoms with van der Waals surface area (Å²) in [6.45, 7) is 7.60. The molecule has 0 unspecified atom stereocenters. The summed E-state index contributed by atoms with van der Waals surface area (Å²) >= 11 is 0. The van der Waals surface area contributed by atoms with Gasteiger partial charge in [0, 0.05) is 5.69 Å². The second-order valence-corrected chi connectivity index (χ2v) is 8.77. The topological polar surface area (TPSA) is 78.5 Å². The van der Waals surface area contributed by atoms with E-state index in [1.165, 1.54) is 12.1 Å². The number of nitrogens with zero attached hydrogens (tertiary/aromatic N) is 1. The molecule has 6 nitrogen and oxygen atoms in total. The largest absolute Gasteiger partial charge is 0.325 e. The molecular formula is C20H26FN3O3. The number of benzene rings is 1. The fourth-order valence-electron chi connectivity index (χ4n) is 4.71. The van der Waals surface area contributed by atoms with Crippen LogP contribution in [-0.2, 0) is 9.59 Å². The number of urea groups is 1. The number of carbonyl (C=O) groups is 3. The molecule has 1 aromatic carbocycles. The van der Waals surface area contributed by atoms with Gasteiger partial charge in [-0.15, -0.1) is 0 Å². The van der Waals surface area contributed by atoms with Crippen LogP contribution in [0.2, 0.25) is 0 Å². The van der Waals surface area contributed by atoms with E-state index in [-0.39, 0.29) is 11.3 Å². The second-order valence-electron chi connectivity index (χ2n) is 8.77. The first-order valence-electron chi connectivity index (χ1n) is 9.21. The first-order valence-corrected chi connectivity index (χ1v) is 9.21. The molecule has 0 aromatic heterocycles. The Labute approximate surface area is 158 Å². The molecule has 2 atom stereocenters. The van der Waals surface area contributed by atoms with Crippen LogP contribution >= 0.6 is 0 Å². The van der Waals surface area contributed by atoms with Gasteiger partial charge in [0.15, 0.2) is 0 Å². The zero-order chi connectivity index (χ0) is 20.0. The monoisotopic (exact) mass is 375 g/mol. The highest BCUT2D eigenvalue weighted by atomic mass is 19.1. The molecule has 0 bridgehead atoms. The molecule has 7 heteroatoms. The zero-order valence-corrected chi connectivity index (χ0v) is 16.2. The second kappa shape index (κ2) is 6.62. The third kappa shape index (κ3) is 3.82. The molecule has 1 saturated carbocycles. The van der Waals surface area contributed by atoms with E-state index in [4.69, 9.17) is 0 Å². The van der Waals surface area contributed by atoms with Crippen LogP contribution in [0.5, 0.6) is 0 Å². The minimum atomic E-state index is -0.937. The van der Waals surface area contributed by atoms with Gasteiger partial charge in [-0.2, -0.15) is 0 Å². The van der Waals surface area contributed by atoms with Crippen LogP contribution in [0.4, 0.5) is 14.9 Å². The molecule has 146 valence electrons. The third-order valence-electron chi connectivity index (χ3n) is 5.40. The summed E-state index contributed by atoms with van der Waals surface area (Å²) in [5.74, 6) is -1.06. The Kier molecular flexibility index (Phi) is 4.74. The van der Waals surface area contributed by atoms with Crippen molar-refractivity contribution in [1.82, 2.24) is 10.2 Å². The standard InChI is InChI=1S/C20H26FN3O3/c1-12-8-19(3,4)11-20(9-12)17(26)24(18(27)23-20)10-16(25)22-15-7-14(21)6-5-13(15)2/h5-7,12H,8-11H2,1-4H3,(H,22,25)(H,23,27)/t12-,20+/m1/s1. The molecule has 1 aromatic rings.